The van der Waals surface area contributed by atoms with E-state index >= 15 is 0 Å². The number of carbonyl (C=O) groups excluding carboxylic acids is 2. The molecule has 0 atom stereocenters. The van der Waals surface area contributed by atoms with Gasteiger partial charge in [-0.1, -0.05) is 18.2 Å². The van der Waals surface area contributed by atoms with E-state index in [1.54, 1.807) is 59.9 Å². The quantitative estimate of drug-likeness (QED) is 0.607. The Labute approximate surface area is 167 Å². The number of thiophene rings is 1. The molecule has 1 aromatic heterocycles. The lowest BCUT2D eigenvalue weighted by Crippen LogP contribution is -2.14. The topological polar surface area (TPSA) is 82.0 Å². The van der Waals surface area contributed by atoms with Crippen LogP contribution >= 0.6 is 11.3 Å². The smallest absolute Gasteiger partial charge is 0.255 e. The Hall–Kier alpha value is -3.43. The molecular weight excluding hydrogens is 370 g/mol. The molecule has 0 bridgehead atoms. The molecule has 2 amide bonds. The summed E-state index contributed by atoms with van der Waals surface area (Å²) in [5.41, 5.74) is 2.03. The first kappa shape index (κ1) is 19.3. The fourth-order valence-electron chi connectivity index (χ4n) is 2.71. The van der Waals surface area contributed by atoms with Crippen LogP contribution in [0.15, 0.2) is 66.0 Å². The number of hydrogen-bond donors (Lipinski definition) is 2. The molecule has 0 radical (unpaired) electrons. The molecule has 0 aliphatic heterocycles. The maximum Gasteiger partial charge on any atom is 0.255 e. The Bertz CT molecular complexity index is 1010. The second kappa shape index (κ2) is 9.49. The molecule has 6 heteroatoms. The third kappa shape index (κ3) is 5.53. The van der Waals surface area contributed by atoms with Crippen LogP contribution in [0, 0.1) is 11.3 Å². The molecule has 1 heterocycles. The van der Waals surface area contributed by atoms with Gasteiger partial charge in [0.05, 0.1) is 11.6 Å². The molecule has 0 aliphatic carbocycles. The molecule has 0 spiro atoms. The van der Waals surface area contributed by atoms with Gasteiger partial charge in [0.25, 0.3) is 5.91 Å². The Morgan fingerprint density at radius 1 is 0.964 bits per heavy atom. The fourth-order valence-corrected chi connectivity index (χ4v) is 3.46. The molecule has 0 fully saturated rings. The molecule has 2 aromatic carbocycles. The zero-order valence-electron chi connectivity index (χ0n) is 15.1. The highest BCUT2D eigenvalue weighted by Gasteiger charge is 2.09. The van der Waals surface area contributed by atoms with Gasteiger partial charge in [-0.05, 0) is 60.7 Å². The van der Waals surface area contributed by atoms with Gasteiger partial charge in [0.1, 0.15) is 0 Å². The zero-order chi connectivity index (χ0) is 19.8. The standard InChI is InChI=1S/C22H19N3O2S/c23-15-16-5-1-7-18(13-16)25-22(27)17-6-2-8-19(14-17)24-21(26)11-3-9-20-10-4-12-28-20/h1-2,4-8,10,12-14H,3,9,11H2,(H,24,26)(H,25,27). The summed E-state index contributed by atoms with van der Waals surface area (Å²) in [4.78, 5) is 25.9. The van der Waals surface area contributed by atoms with Crippen molar-refractivity contribution in [2.45, 2.75) is 19.3 Å². The molecule has 0 saturated heterocycles. The summed E-state index contributed by atoms with van der Waals surface area (Å²) in [5.74, 6) is -0.375. The number of nitrogens with one attached hydrogen (secondary N) is 2. The van der Waals surface area contributed by atoms with E-state index in [0.717, 1.165) is 12.8 Å². The monoisotopic (exact) mass is 389 g/mol. The highest BCUT2D eigenvalue weighted by Crippen LogP contribution is 2.16. The summed E-state index contributed by atoms with van der Waals surface area (Å²) < 4.78 is 0. The van der Waals surface area contributed by atoms with Crippen LogP contribution in [-0.2, 0) is 11.2 Å². The van der Waals surface area contributed by atoms with E-state index in [1.165, 1.54) is 4.88 Å². The average Bonchev–Trinajstić information content (AvgIpc) is 3.22. The number of carbonyl (C=O) groups is 2. The van der Waals surface area contributed by atoms with E-state index in [4.69, 9.17) is 5.26 Å². The van der Waals surface area contributed by atoms with Crippen molar-refractivity contribution in [3.05, 3.63) is 82.0 Å². The second-order valence-corrected chi connectivity index (χ2v) is 7.24. The maximum absolute atomic E-state index is 12.4. The van der Waals surface area contributed by atoms with Crippen LogP contribution in [0.1, 0.15) is 33.6 Å². The summed E-state index contributed by atoms with van der Waals surface area (Å²) in [7, 11) is 0. The Morgan fingerprint density at radius 3 is 2.50 bits per heavy atom. The molecule has 3 aromatic rings. The summed E-state index contributed by atoms with van der Waals surface area (Å²) in [6.07, 6.45) is 2.09. The lowest BCUT2D eigenvalue weighted by molar-refractivity contribution is -0.116. The second-order valence-electron chi connectivity index (χ2n) is 6.21. The largest absolute Gasteiger partial charge is 0.326 e. The molecule has 0 saturated carbocycles. The summed E-state index contributed by atoms with van der Waals surface area (Å²) >= 11 is 1.69. The molecule has 140 valence electrons. The molecule has 0 aliphatic rings. The van der Waals surface area contributed by atoms with E-state index < -0.39 is 0 Å². The lowest BCUT2D eigenvalue weighted by atomic mass is 10.1. The number of nitrogens with zero attached hydrogens (tertiary/aromatic N) is 1. The molecule has 3 rings (SSSR count). The van der Waals surface area contributed by atoms with Crippen molar-refractivity contribution in [3.63, 3.8) is 0 Å². The van der Waals surface area contributed by atoms with Crippen molar-refractivity contribution in [2.75, 3.05) is 10.6 Å². The molecule has 5 nitrogen and oxygen atoms in total. The maximum atomic E-state index is 12.4. The van der Waals surface area contributed by atoms with Crippen LogP contribution < -0.4 is 10.6 Å². The van der Waals surface area contributed by atoms with E-state index in [1.807, 2.05) is 17.5 Å². The van der Waals surface area contributed by atoms with Crippen molar-refractivity contribution in [2.24, 2.45) is 0 Å². The number of hydrogen-bond acceptors (Lipinski definition) is 4. The van der Waals surface area contributed by atoms with Crippen LogP contribution in [-0.4, -0.2) is 11.8 Å². The van der Waals surface area contributed by atoms with E-state index in [2.05, 4.69) is 16.7 Å². The van der Waals surface area contributed by atoms with Crippen LogP contribution in [0.2, 0.25) is 0 Å². The van der Waals surface area contributed by atoms with Gasteiger partial charge >= 0.3 is 0 Å². The first-order valence-corrected chi connectivity index (χ1v) is 9.76. The summed E-state index contributed by atoms with van der Waals surface area (Å²) in [5, 5.41) is 16.6. The van der Waals surface area contributed by atoms with Crippen molar-refractivity contribution < 1.29 is 9.59 Å². The normalized spacial score (nSPS) is 10.1. The van der Waals surface area contributed by atoms with Gasteiger partial charge in [0.15, 0.2) is 0 Å². The number of amides is 2. The minimum absolute atomic E-state index is 0.0733. The van der Waals surface area contributed by atoms with E-state index in [-0.39, 0.29) is 11.8 Å². The SMILES string of the molecule is N#Cc1cccc(NC(=O)c2cccc(NC(=O)CCCc3cccs3)c2)c1. The van der Waals surface area contributed by atoms with Gasteiger partial charge in [-0.2, -0.15) is 5.26 Å². The van der Waals surface area contributed by atoms with Gasteiger partial charge in [-0.25, -0.2) is 0 Å². The van der Waals surface area contributed by atoms with Crippen LogP contribution in [0.25, 0.3) is 0 Å². The summed E-state index contributed by atoms with van der Waals surface area (Å²) in [6, 6.07) is 19.6. The first-order chi connectivity index (χ1) is 13.6. The Balaban J connectivity index is 1.56. The third-order valence-corrected chi connectivity index (χ3v) is 5.00. The van der Waals surface area contributed by atoms with Gasteiger partial charge in [-0.3, -0.25) is 9.59 Å². The predicted octanol–water partition coefficient (Wildman–Crippen LogP) is 4.83. The van der Waals surface area contributed by atoms with E-state index in [0.29, 0.717) is 28.9 Å². The van der Waals surface area contributed by atoms with E-state index in [9.17, 15) is 9.59 Å². The minimum atomic E-state index is -0.302. The molecule has 28 heavy (non-hydrogen) atoms. The lowest BCUT2D eigenvalue weighted by Gasteiger charge is -2.09. The third-order valence-electron chi connectivity index (χ3n) is 4.07. The number of rotatable bonds is 7. The van der Waals surface area contributed by atoms with Crippen molar-refractivity contribution in [3.8, 4) is 6.07 Å². The van der Waals surface area contributed by atoms with Crippen molar-refractivity contribution >= 4 is 34.5 Å². The Kier molecular flexibility index (Phi) is 6.55. The highest BCUT2D eigenvalue weighted by atomic mass is 32.1. The summed E-state index contributed by atoms with van der Waals surface area (Å²) in [6.45, 7) is 0. The van der Waals surface area contributed by atoms with Gasteiger partial charge in [-0.15, -0.1) is 11.3 Å². The van der Waals surface area contributed by atoms with Crippen LogP contribution in [0.4, 0.5) is 11.4 Å². The average molecular weight is 389 g/mol. The van der Waals surface area contributed by atoms with Gasteiger partial charge in [0.2, 0.25) is 5.91 Å². The molecule has 0 unspecified atom stereocenters. The predicted molar refractivity (Wildman–Crippen MR) is 111 cm³/mol. The van der Waals surface area contributed by atoms with Crippen molar-refractivity contribution in [1.82, 2.24) is 0 Å². The van der Waals surface area contributed by atoms with Crippen LogP contribution in [0.5, 0.6) is 0 Å². The highest BCUT2D eigenvalue weighted by molar-refractivity contribution is 7.09. The van der Waals surface area contributed by atoms with Gasteiger partial charge in [0, 0.05) is 28.2 Å². The number of anilines is 2. The number of aryl methyl sites for hydroxylation is 1. The number of benzene rings is 2. The fraction of sp³-hybridized carbons (Fsp3) is 0.136. The molecule has 2 N–H and O–H groups in total. The zero-order valence-corrected chi connectivity index (χ0v) is 16.0. The van der Waals surface area contributed by atoms with Crippen LogP contribution in [0.3, 0.4) is 0 Å². The first-order valence-electron chi connectivity index (χ1n) is 8.88. The number of nitriles is 1. The van der Waals surface area contributed by atoms with Gasteiger partial charge < -0.3 is 10.6 Å². The Morgan fingerprint density at radius 2 is 1.75 bits per heavy atom. The minimum Gasteiger partial charge on any atom is -0.326 e. The molecular formula is C22H19N3O2S. The van der Waals surface area contributed by atoms with Crippen molar-refractivity contribution in [1.29, 1.82) is 5.26 Å².